The van der Waals surface area contributed by atoms with Crippen LogP contribution >= 0.6 is 38.1 Å². The van der Waals surface area contributed by atoms with Crippen molar-refractivity contribution in [2.75, 3.05) is 25.6 Å². The van der Waals surface area contributed by atoms with E-state index in [0.29, 0.717) is 0 Å². The van der Waals surface area contributed by atoms with Crippen molar-refractivity contribution in [3.05, 3.63) is 41.3 Å². The van der Waals surface area contributed by atoms with Gasteiger partial charge in [0.05, 0.1) is 32.5 Å². The van der Waals surface area contributed by atoms with Crippen molar-refractivity contribution in [2.45, 2.75) is 42.5 Å². The number of H-pyrrole nitrogens is 1. The number of nitrogens with zero attached hydrogens (tertiary/aromatic N) is 6. The quantitative estimate of drug-likeness (QED) is 0.146. The Bertz CT molecular complexity index is 1970. The number of nitrogens with two attached hydrogens (primary N) is 1. The molecule has 0 spiro atoms. The molecule has 3 aliphatic heterocycles. The summed E-state index contributed by atoms with van der Waals surface area (Å²) in [6.45, 7) is -11.1. The van der Waals surface area contributed by atoms with Gasteiger partial charge in [-0.1, -0.05) is 24.5 Å². The molecule has 0 aromatic carbocycles. The van der Waals surface area contributed by atoms with E-state index in [1.165, 1.54) is 10.9 Å². The van der Waals surface area contributed by atoms with Crippen molar-refractivity contribution in [1.29, 1.82) is 0 Å². The second kappa shape index (κ2) is 11.1. The Balaban J connectivity index is 1.26. The molecule has 0 amide bonds. The van der Waals surface area contributed by atoms with Crippen LogP contribution in [-0.4, -0.2) is 89.6 Å². The molecule has 0 saturated carbocycles. The normalized spacial score (nSPS) is 37.7. The van der Waals surface area contributed by atoms with E-state index in [1.54, 1.807) is 0 Å². The highest BCUT2D eigenvalue weighted by Crippen LogP contribution is 2.61. The van der Waals surface area contributed by atoms with Gasteiger partial charge >= 0.3 is 13.6 Å². The molecule has 2 bridgehead atoms. The standard InChI is InChI=1S/C21H22F2N8O10P2S2/c22-8-1-31(17-11(8)19(33)28-6-26-17)21-4-36-10(15(21)32)3-37-42(34,44)40-14-9(2-38-43(35,45)41-21)39-20(12(14)23)30-7-29-13-16(24)25-5-27-18(13)30/h1,5-7,9-10,12,14-15,20,32H,2-4H2,(H,34,44)(H,35,45)(H2,24,25,27)(H,26,28,33)/t9-,10-,12-,14-,15-,20-,21-,42?,43?/m1/s1. The molecule has 2 unspecified atom stereocenters. The monoisotopic (exact) mass is 710 g/mol. The van der Waals surface area contributed by atoms with Crippen LogP contribution in [0.2, 0.25) is 0 Å². The first-order valence-corrected chi connectivity index (χ1v) is 18.3. The summed E-state index contributed by atoms with van der Waals surface area (Å²) in [5.41, 5.74) is 2.69. The summed E-state index contributed by atoms with van der Waals surface area (Å²) >= 11 is 8.01. The lowest BCUT2D eigenvalue weighted by atomic mass is 10.1. The molecule has 242 valence electrons. The Hall–Kier alpha value is -2.49. The average molecular weight is 711 g/mol. The predicted octanol–water partition coefficient (Wildman–Crippen LogP) is 1.46. The molecule has 4 aromatic heterocycles. The Morgan fingerprint density at radius 1 is 1.11 bits per heavy atom. The third-order valence-corrected chi connectivity index (χ3v) is 10.8. The summed E-state index contributed by atoms with van der Waals surface area (Å²) in [6.07, 6.45) is -5.81. The molecule has 3 aliphatic rings. The van der Waals surface area contributed by atoms with Crippen LogP contribution in [0.15, 0.2) is 30.0 Å². The van der Waals surface area contributed by atoms with Crippen LogP contribution in [0.4, 0.5) is 14.6 Å². The lowest BCUT2D eigenvalue weighted by molar-refractivity contribution is -0.0955. The smallest absolute Gasteiger partial charge is 0.385 e. The molecule has 3 fully saturated rings. The number of aromatic amines is 1. The van der Waals surface area contributed by atoms with E-state index in [0.717, 1.165) is 23.4 Å². The number of nitrogen functional groups attached to an aromatic ring is 1. The number of ether oxygens (including phenoxy) is 2. The SMILES string of the molecule is Nc1ncnc2c1ncn2[C@@H]1O[C@@H]2COP(=O)(S)O[C@]3(n4cc(F)c5c(=O)[nH]cnc54)CO[C@H](COP(=O)(S)O[C@H]2[C@H]1F)[C@H]3O. The molecule has 7 heterocycles. The topological polar surface area (TPSA) is 230 Å². The van der Waals surface area contributed by atoms with Gasteiger partial charge in [0.2, 0.25) is 5.72 Å². The molecule has 18 nitrogen and oxygen atoms in total. The second-order valence-corrected chi connectivity index (χ2v) is 15.9. The van der Waals surface area contributed by atoms with Gasteiger partial charge in [-0.3, -0.25) is 32.0 Å². The van der Waals surface area contributed by atoms with Crippen molar-refractivity contribution in [1.82, 2.24) is 34.1 Å². The van der Waals surface area contributed by atoms with E-state index in [4.69, 9.17) is 33.3 Å². The van der Waals surface area contributed by atoms with Gasteiger partial charge in [0.25, 0.3) is 5.56 Å². The second-order valence-electron chi connectivity index (χ2n) is 10.2. The number of hydrogen-bond donors (Lipinski definition) is 5. The van der Waals surface area contributed by atoms with Crippen LogP contribution < -0.4 is 11.3 Å². The number of aliphatic hydroxyl groups excluding tert-OH is 1. The van der Waals surface area contributed by atoms with E-state index in [2.05, 4.69) is 49.4 Å². The highest BCUT2D eigenvalue weighted by Gasteiger charge is 2.58. The van der Waals surface area contributed by atoms with Gasteiger partial charge in [0.1, 0.15) is 41.6 Å². The molecule has 4 N–H and O–H groups in total. The molecule has 0 aliphatic carbocycles. The van der Waals surface area contributed by atoms with Crippen LogP contribution in [0.1, 0.15) is 6.23 Å². The Kier molecular flexibility index (Phi) is 7.64. The number of halogens is 2. The van der Waals surface area contributed by atoms with Crippen molar-refractivity contribution < 1.29 is 50.6 Å². The number of aliphatic hydroxyl groups is 1. The fourth-order valence-electron chi connectivity index (χ4n) is 5.46. The summed E-state index contributed by atoms with van der Waals surface area (Å²) in [5, 5.41) is 10.9. The van der Waals surface area contributed by atoms with Gasteiger partial charge in [-0.15, -0.1) is 0 Å². The third kappa shape index (κ3) is 5.21. The fraction of sp³-hybridized carbons (Fsp3) is 0.476. The number of imidazole rings is 1. The van der Waals surface area contributed by atoms with Gasteiger partial charge in [-0.25, -0.2) is 37.8 Å². The van der Waals surface area contributed by atoms with Crippen molar-refractivity contribution in [3.8, 4) is 0 Å². The van der Waals surface area contributed by atoms with E-state index in [9.17, 15) is 23.4 Å². The number of fused-ring (bicyclic) bond motifs is 5. The highest BCUT2D eigenvalue weighted by atomic mass is 32.7. The molecule has 3 saturated heterocycles. The minimum atomic E-state index is -4.62. The largest absolute Gasteiger partial charge is 0.388 e. The van der Waals surface area contributed by atoms with Crippen molar-refractivity contribution in [3.63, 3.8) is 0 Å². The van der Waals surface area contributed by atoms with Crippen LogP contribution in [0, 0.1) is 5.82 Å². The summed E-state index contributed by atoms with van der Waals surface area (Å²) in [6, 6.07) is 0. The van der Waals surface area contributed by atoms with Crippen molar-refractivity contribution >= 4 is 66.1 Å². The van der Waals surface area contributed by atoms with Crippen LogP contribution in [0.25, 0.3) is 22.2 Å². The van der Waals surface area contributed by atoms with Gasteiger partial charge in [0.15, 0.2) is 35.3 Å². The first-order valence-electron chi connectivity index (χ1n) is 12.9. The van der Waals surface area contributed by atoms with Gasteiger partial charge in [-0.2, -0.15) is 0 Å². The molecule has 7 rings (SSSR count). The summed E-state index contributed by atoms with van der Waals surface area (Å²) in [7, 11) is 0. The molecule has 24 heteroatoms. The first kappa shape index (κ1) is 31.1. The Morgan fingerprint density at radius 3 is 2.67 bits per heavy atom. The van der Waals surface area contributed by atoms with Crippen LogP contribution in [0.3, 0.4) is 0 Å². The number of anilines is 1. The molecular weight excluding hydrogens is 688 g/mol. The van der Waals surface area contributed by atoms with E-state index < -0.39 is 92.7 Å². The summed E-state index contributed by atoms with van der Waals surface area (Å²) < 4.78 is 93.7. The number of alkyl halides is 1. The van der Waals surface area contributed by atoms with Gasteiger partial charge in [0, 0.05) is 6.20 Å². The molecular formula is C21H22F2N8O10P2S2. The maximum atomic E-state index is 16.0. The summed E-state index contributed by atoms with van der Waals surface area (Å²) in [5.74, 6) is -1.02. The number of nitrogens with one attached hydrogen (secondary N) is 1. The Labute approximate surface area is 259 Å². The van der Waals surface area contributed by atoms with Gasteiger partial charge < -0.3 is 25.3 Å². The Morgan fingerprint density at radius 2 is 1.87 bits per heavy atom. The molecule has 9 atom stereocenters. The number of hydrogen-bond acceptors (Lipinski definition) is 15. The minimum Gasteiger partial charge on any atom is -0.385 e. The number of rotatable bonds is 2. The fourth-order valence-corrected chi connectivity index (χ4v) is 8.61. The minimum absolute atomic E-state index is 0.0267. The zero-order valence-corrected chi connectivity index (χ0v) is 25.9. The maximum absolute atomic E-state index is 16.0. The zero-order valence-electron chi connectivity index (χ0n) is 22.3. The lowest BCUT2D eigenvalue weighted by Crippen LogP contribution is -2.48. The molecule has 45 heavy (non-hydrogen) atoms. The van der Waals surface area contributed by atoms with Crippen molar-refractivity contribution in [2.24, 2.45) is 0 Å². The van der Waals surface area contributed by atoms with E-state index in [1.807, 2.05) is 0 Å². The van der Waals surface area contributed by atoms with E-state index >= 15 is 4.39 Å². The molecule has 0 radical (unpaired) electrons. The lowest BCUT2D eigenvalue weighted by Gasteiger charge is -2.35. The number of aromatic nitrogens is 7. The third-order valence-electron chi connectivity index (χ3n) is 7.53. The maximum Gasteiger partial charge on any atom is 0.388 e. The predicted molar refractivity (Wildman–Crippen MR) is 154 cm³/mol. The first-order chi connectivity index (χ1) is 21.3. The summed E-state index contributed by atoms with van der Waals surface area (Å²) in [4.78, 5) is 30.6. The van der Waals surface area contributed by atoms with Crippen LogP contribution in [-0.2, 0) is 42.4 Å². The van der Waals surface area contributed by atoms with E-state index in [-0.39, 0.29) is 22.6 Å². The van der Waals surface area contributed by atoms with Gasteiger partial charge in [-0.05, 0) is 0 Å². The molecule has 4 aromatic rings. The van der Waals surface area contributed by atoms with Crippen LogP contribution in [0.5, 0.6) is 0 Å². The average Bonchev–Trinajstić information content (AvgIpc) is 3.72. The zero-order chi connectivity index (χ0) is 31.9. The highest BCUT2D eigenvalue weighted by molar-refractivity contribution is 8.44. The number of thiol groups is 2.